The van der Waals surface area contributed by atoms with Crippen molar-refractivity contribution in [3.05, 3.63) is 97.2 Å². The summed E-state index contributed by atoms with van der Waals surface area (Å²) in [5.74, 6) is -0.149. The van der Waals surface area contributed by atoms with E-state index in [2.05, 4.69) is 116 Å². The highest BCUT2D eigenvalue weighted by Crippen LogP contribution is 2.43. The lowest BCUT2D eigenvalue weighted by Gasteiger charge is -2.26. The number of hydrogen-bond donors (Lipinski definition) is 3. The molecule has 0 saturated heterocycles. The molecule has 0 heterocycles. The molecule has 0 saturated carbocycles. The first kappa shape index (κ1) is 77.4. The molecule has 9 heteroatoms. The van der Waals surface area contributed by atoms with Gasteiger partial charge in [-0.3, -0.25) is 13.8 Å². The van der Waals surface area contributed by atoms with Crippen LogP contribution in [0.3, 0.4) is 0 Å². The molecule has 3 N–H and O–H groups in total. The van der Waals surface area contributed by atoms with E-state index in [0.717, 1.165) is 96.3 Å². The molecule has 0 aliphatic rings. The van der Waals surface area contributed by atoms with E-state index in [1.165, 1.54) is 173 Å². The van der Waals surface area contributed by atoms with Gasteiger partial charge < -0.3 is 19.8 Å². The van der Waals surface area contributed by atoms with Crippen molar-refractivity contribution < 1.29 is 32.9 Å². The first-order chi connectivity index (χ1) is 39.0. The number of likely N-dealkylation sites (N-methyl/N-ethyl adjacent to an activating group) is 1. The maximum absolute atomic E-state index is 13.1. The first-order valence-corrected chi connectivity index (χ1v) is 35.1. The number of phosphoric acid groups is 1. The summed E-state index contributed by atoms with van der Waals surface area (Å²) in [6.45, 7) is 4.80. The molecule has 464 valence electrons. The number of carbonyl (C=O) groups excluding carboxylic acids is 1. The number of allylic oxidation sites excluding steroid dienone is 16. The van der Waals surface area contributed by atoms with E-state index in [-0.39, 0.29) is 19.1 Å². The van der Waals surface area contributed by atoms with E-state index in [4.69, 9.17) is 9.05 Å². The topological polar surface area (TPSA) is 105 Å². The summed E-state index contributed by atoms with van der Waals surface area (Å²) >= 11 is 0. The van der Waals surface area contributed by atoms with Gasteiger partial charge in [0, 0.05) is 6.42 Å². The van der Waals surface area contributed by atoms with Gasteiger partial charge in [0.2, 0.25) is 5.91 Å². The number of nitrogens with one attached hydrogen (secondary N) is 1. The third kappa shape index (κ3) is 63.0. The smallest absolute Gasteiger partial charge is 0.391 e. The average Bonchev–Trinajstić information content (AvgIpc) is 3.42. The van der Waals surface area contributed by atoms with Gasteiger partial charge in [-0.15, -0.1) is 0 Å². The lowest BCUT2D eigenvalue weighted by Crippen LogP contribution is -2.46. The molecule has 3 atom stereocenters. The fraction of sp³-hybridized carbons (Fsp3) is 0.761. The van der Waals surface area contributed by atoms with Gasteiger partial charge in [0.15, 0.2) is 0 Å². The molecule has 0 aromatic heterocycles. The van der Waals surface area contributed by atoms with Gasteiger partial charge in [-0.25, -0.2) is 4.57 Å². The van der Waals surface area contributed by atoms with Crippen molar-refractivity contribution in [1.82, 2.24) is 5.32 Å². The largest absolute Gasteiger partial charge is 0.472 e. The van der Waals surface area contributed by atoms with E-state index in [9.17, 15) is 19.4 Å². The maximum atomic E-state index is 13.1. The lowest BCUT2D eigenvalue weighted by atomic mass is 10.0. The zero-order valence-corrected chi connectivity index (χ0v) is 53.9. The Labute approximate surface area is 496 Å². The molecule has 0 radical (unpaired) electrons. The number of phosphoric ester groups is 1. The number of quaternary nitrogens is 1. The number of rotatable bonds is 61. The van der Waals surface area contributed by atoms with Crippen LogP contribution in [-0.4, -0.2) is 73.4 Å². The van der Waals surface area contributed by atoms with Crippen LogP contribution >= 0.6 is 7.82 Å². The minimum Gasteiger partial charge on any atom is -0.391 e. The number of unbranched alkanes of at least 4 members (excludes halogenated alkanes) is 32. The van der Waals surface area contributed by atoms with Gasteiger partial charge in [0.25, 0.3) is 0 Å². The standard InChI is InChI=1S/C71H129N2O6P/c1-6-8-10-12-14-16-18-20-22-24-26-28-30-31-32-33-34-35-36-37-38-39-40-41-43-45-47-49-51-53-55-57-59-61-63-65-71(75)72-69(68-79-80(76,77)78-67-66-73(3,4)5)70(74)64-62-60-58-56-54-52-50-48-46-44-42-29-27-25-23-21-19-17-15-13-11-9-7-2/h8,10,14,16,20,22,26,28,31-32,34-35,37-38,40-41,69-70,74H,6-7,9,11-13,15,17-19,21,23-25,27,29-30,33,36,39,42-68H2,1-5H3,(H-,72,75,76,77)/p+1/b10-8-,16-14-,22-20-,28-26-,32-31-,35-34-,38-37-,41-40-. The van der Waals surface area contributed by atoms with Crippen LogP contribution in [0, 0.1) is 0 Å². The zero-order chi connectivity index (χ0) is 58.4. The highest BCUT2D eigenvalue weighted by atomic mass is 31.2. The van der Waals surface area contributed by atoms with E-state index in [1.54, 1.807) is 0 Å². The average molecular weight is 1140 g/mol. The number of aliphatic hydroxyl groups is 1. The third-order valence-electron chi connectivity index (χ3n) is 14.8. The molecule has 0 spiro atoms. The summed E-state index contributed by atoms with van der Waals surface area (Å²) in [7, 11) is 1.61. The molecule has 0 fully saturated rings. The Morgan fingerprint density at radius 1 is 0.438 bits per heavy atom. The highest BCUT2D eigenvalue weighted by molar-refractivity contribution is 7.47. The van der Waals surface area contributed by atoms with E-state index < -0.39 is 20.0 Å². The fourth-order valence-corrected chi connectivity index (χ4v) is 10.4. The van der Waals surface area contributed by atoms with Crippen molar-refractivity contribution in [2.24, 2.45) is 0 Å². The highest BCUT2D eigenvalue weighted by Gasteiger charge is 2.28. The number of hydrogen-bond acceptors (Lipinski definition) is 5. The summed E-state index contributed by atoms with van der Waals surface area (Å²) in [5.41, 5.74) is 0. The van der Waals surface area contributed by atoms with E-state index >= 15 is 0 Å². The SMILES string of the molecule is CC/C=C\C/C=C\C/C=C\C/C=C\C/C=C\C/C=C\C/C=C\C/C=C\CCCCCCCCCCCCC(=O)NC(COP(=O)(O)OCC[N+](C)(C)C)C(O)CCCCCCCCCCCCCCCCCCCCCCCCC. The van der Waals surface area contributed by atoms with Crippen LogP contribution in [0.5, 0.6) is 0 Å². The van der Waals surface area contributed by atoms with Gasteiger partial charge in [-0.2, -0.15) is 0 Å². The second-order valence-corrected chi connectivity index (χ2v) is 25.3. The Hall–Kier alpha value is -2.58. The van der Waals surface area contributed by atoms with Crippen LogP contribution in [0.25, 0.3) is 0 Å². The molecule has 8 nitrogen and oxygen atoms in total. The van der Waals surface area contributed by atoms with Crippen molar-refractivity contribution in [2.45, 2.75) is 309 Å². The number of aliphatic hydroxyl groups excluding tert-OH is 1. The second kappa shape index (κ2) is 61.0. The van der Waals surface area contributed by atoms with Crippen molar-refractivity contribution in [3.63, 3.8) is 0 Å². The molecule has 0 rings (SSSR count). The van der Waals surface area contributed by atoms with Gasteiger partial charge in [0.1, 0.15) is 13.2 Å². The van der Waals surface area contributed by atoms with Gasteiger partial charge >= 0.3 is 7.82 Å². The Balaban J connectivity index is 4.11. The zero-order valence-electron chi connectivity index (χ0n) is 53.0. The van der Waals surface area contributed by atoms with Crippen LogP contribution in [0.15, 0.2) is 97.2 Å². The minimum atomic E-state index is -4.34. The molecule has 0 aliphatic carbocycles. The van der Waals surface area contributed by atoms with Crippen molar-refractivity contribution in [1.29, 1.82) is 0 Å². The first-order valence-electron chi connectivity index (χ1n) is 33.6. The molecule has 1 amide bonds. The number of nitrogens with zero attached hydrogens (tertiary/aromatic N) is 1. The summed E-state index contributed by atoms with van der Waals surface area (Å²) in [5, 5.41) is 14.1. The second-order valence-electron chi connectivity index (χ2n) is 23.8. The minimum absolute atomic E-state index is 0.0704. The van der Waals surface area contributed by atoms with Crippen LogP contribution in [0.4, 0.5) is 0 Å². The summed E-state index contributed by atoms with van der Waals surface area (Å²) < 4.78 is 23.9. The molecule has 80 heavy (non-hydrogen) atoms. The molecular formula is C71H130N2O6P+. The Morgan fingerprint density at radius 3 is 1.10 bits per heavy atom. The quantitative estimate of drug-likeness (QED) is 0.0243. The molecule has 0 bridgehead atoms. The molecule has 0 aromatic carbocycles. The number of carbonyl (C=O) groups is 1. The van der Waals surface area contributed by atoms with E-state index in [1.807, 2.05) is 21.1 Å². The third-order valence-corrected chi connectivity index (χ3v) is 15.8. The predicted molar refractivity (Wildman–Crippen MR) is 350 cm³/mol. The molecule has 0 aliphatic heterocycles. The number of amides is 1. The summed E-state index contributed by atoms with van der Waals surface area (Å²) in [6.07, 6.45) is 87.7. The van der Waals surface area contributed by atoms with Crippen LogP contribution in [-0.2, 0) is 18.4 Å². The van der Waals surface area contributed by atoms with Crippen LogP contribution < -0.4 is 5.32 Å². The molecule has 0 aromatic rings. The van der Waals surface area contributed by atoms with Gasteiger partial charge in [-0.05, 0) is 77.0 Å². The van der Waals surface area contributed by atoms with E-state index in [0.29, 0.717) is 23.9 Å². The van der Waals surface area contributed by atoms with Crippen molar-refractivity contribution >= 4 is 13.7 Å². The summed E-state index contributed by atoms with van der Waals surface area (Å²) in [6, 6.07) is -0.770. The lowest BCUT2D eigenvalue weighted by molar-refractivity contribution is -0.870. The Kier molecular flexibility index (Phi) is 59.0. The summed E-state index contributed by atoms with van der Waals surface area (Å²) in [4.78, 5) is 23.4. The van der Waals surface area contributed by atoms with Crippen molar-refractivity contribution in [3.8, 4) is 0 Å². The maximum Gasteiger partial charge on any atom is 0.472 e. The Morgan fingerprint density at radius 2 is 0.750 bits per heavy atom. The van der Waals surface area contributed by atoms with Gasteiger partial charge in [0.05, 0.1) is 39.9 Å². The van der Waals surface area contributed by atoms with Gasteiger partial charge in [-0.1, -0.05) is 310 Å². The molecular weight excluding hydrogens is 1010 g/mol. The van der Waals surface area contributed by atoms with Crippen molar-refractivity contribution in [2.75, 3.05) is 40.9 Å². The molecule has 3 unspecified atom stereocenters. The fourth-order valence-electron chi connectivity index (χ4n) is 9.65. The normalized spacial score (nSPS) is 14.3. The predicted octanol–water partition coefficient (Wildman–Crippen LogP) is 21.3. The van der Waals surface area contributed by atoms with Crippen LogP contribution in [0.2, 0.25) is 0 Å². The Bertz CT molecular complexity index is 1620. The van der Waals surface area contributed by atoms with Crippen LogP contribution in [0.1, 0.15) is 296 Å². The monoisotopic (exact) mass is 1140 g/mol.